The molecule has 5 nitrogen and oxygen atoms in total. The molecule has 1 atom stereocenters. The molecule has 0 aliphatic carbocycles. The molecular formula is C12H17N3O2. The Balaban J connectivity index is 2.28. The lowest BCUT2D eigenvalue weighted by Gasteiger charge is -2.31. The summed E-state index contributed by atoms with van der Waals surface area (Å²) in [4.78, 5) is 21.1. The Bertz CT molecular complexity index is 434. The molecule has 2 rings (SSSR count). The maximum absolute atomic E-state index is 10.9. The molecule has 0 radical (unpaired) electrons. The van der Waals surface area contributed by atoms with E-state index in [9.17, 15) is 4.79 Å². The molecule has 1 aromatic rings. The van der Waals surface area contributed by atoms with Crippen molar-refractivity contribution < 1.29 is 9.90 Å². The third-order valence-corrected chi connectivity index (χ3v) is 3.01. The molecule has 5 heteroatoms. The van der Waals surface area contributed by atoms with Gasteiger partial charge in [-0.1, -0.05) is 6.92 Å². The minimum atomic E-state index is -1.07. The van der Waals surface area contributed by atoms with Gasteiger partial charge in [0, 0.05) is 24.8 Å². The zero-order valence-corrected chi connectivity index (χ0v) is 10.2. The Morgan fingerprint density at radius 3 is 2.94 bits per heavy atom. The summed E-state index contributed by atoms with van der Waals surface area (Å²) in [6, 6.07) is 1.85. The highest BCUT2D eigenvalue weighted by Gasteiger charge is 2.19. The van der Waals surface area contributed by atoms with Crippen molar-refractivity contribution in [2.75, 3.05) is 18.0 Å². The van der Waals surface area contributed by atoms with Crippen LogP contribution in [-0.2, 0) is 0 Å². The molecule has 1 aliphatic rings. The summed E-state index contributed by atoms with van der Waals surface area (Å²) < 4.78 is 0. The topological polar surface area (TPSA) is 66.3 Å². The Labute approximate surface area is 100 Å². The fourth-order valence-corrected chi connectivity index (χ4v) is 2.21. The molecule has 0 amide bonds. The number of aromatic carboxylic acids is 1. The summed E-state index contributed by atoms with van der Waals surface area (Å²) in [5, 5.41) is 8.94. The van der Waals surface area contributed by atoms with Gasteiger partial charge in [0.1, 0.15) is 5.82 Å². The van der Waals surface area contributed by atoms with Gasteiger partial charge in [-0.2, -0.15) is 0 Å². The van der Waals surface area contributed by atoms with Crippen LogP contribution < -0.4 is 4.90 Å². The van der Waals surface area contributed by atoms with E-state index in [1.807, 2.05) is 6.07 Å². The van der Waals surface area contributed by atoms with Crippen molar-refractivity contribution in [2.45, 2.75) is 26.7 Å². The summed E-state index contributed by atoms with van der Waals surface area (Å²) >= 11 is 0. The molecule has 0 aromatic carbocycles. The highest BCUT2D eigenvalue weighted by Crippen LogP contribution is 2.21. The summed E-state index contributed by atoms with van der Waals surface area (Å²) in [6.45, 7) is 5.89. The highest BCUT2D eigenvalue weighted by molar-refractivity contribution is 5.83. The van der Waals surface area contributed by atoms with E-state index >= 15 is 0 Å². The number of rotatable bonds is 2. The normalized spacial score (nSPS) is 20.4. The van der Waals surface area contributed by atoms with E-state index in [0.717, 1.165) is 25.3 Å². The first-order chi connectivity index (χ1) is 8.06. The van der Waals surface area contributed by atoms with Gasteiger partial charge in [0.2, 0.25) is 5.82 Å². The molecule has 1 aromatic heterocycles. The largest absolute Gasteiger partial charge is 0.475 e. The van der Waals surface area contributed by atoms with Crippen LogP contribution in [0, 0.1) is 12.8 Å². The van der Waals surface area contributed by atoms with Crippen molar-refractivity contribution in [3.8, 4) is 0 Å². The van der Waals surface area contributed by atoms with Crippen molar-refractivity contribution in [3.63, 3.8) is 0 Å². The standard InChI is InChI=1S/C12H17N3O2/c1-8-4-3-5-15(7-8)10-6-9(2)13-11(14-10)12(16)17/h6,8H,3-5,7H2,1-2H3,(H,16,17). The first-order valence-corrected chi connectivity index (χ1v) is 5.90. The maximum Gasteiger partial charge on any atom is 0.374 e. The summed E-state index contributed by atoms with van der Waals surface area (Å²) in [6.07, 6.45) is 2.36. The number of hydrogen-bond donors (Lipinski definition) is 1. The third-order valence-electron chi connectivity index (χ3n) is 3.01. The fraction of sp³-hybridized carbons (Fsp3) is 0.583. The lowest BCUT2D eigenvalue weighted by Crippen LogP contribution is -2.35. The van der Waals surface area contributed by atoms with Gasteiger partial charge < -0.3 is 10.0 Å². The van der Waals surface area contributed by atoms with Crippen molar-refractivity contribution >= 4 is 11.8 Å². The van der Waals surface area contributed by atoms with Crippen LogP contribution in [0.15, 0.2) is 6.07 Å². The van der Waals surface area contributed by atoms with Crippen molar-refractivity contribution in [1.82, 2.24) is 9.97 Å². The SMILES string of the molecule is Cc1cc(N2CCCC(C)C2)nc(C(=O)O)n1. The van der Waals surface area contributed by atoms with E-state index in [-0.39, 0.29) is 5.82 Å². The number of carboxylic acids is 1. The van der Waals surface area contributed by atoms with Gasteiger partial charge in [-0.05, 0) is 25.7 Å². The lowest BCUT2D eigenvalue weighted by molar-refractivity contribution is 0.0683. The van der Waals surface area contributed by atoms with Gasteiger partial charge in [-0.15, -0.1) is 0 Å². The second-order valence-corrected chi connectivity index (χ2v) is 4.69. The highest BCUT2D eigenvalue weighted by atomic mass is 16.4. The zero-order valence-electron chi connectivity index (χ0n) is 10.2. The van der Waals surface area contributed by atoms with Crippen LogP contribution in [-0.4, -0.2) is 34.1 Å². The van der Waals surface area contributed by atoms with Crippen molar-refractivity contribution in [1.29, 1.82) is 0 Å². The van der Waals surface area contributed by atoms with Gasteiger partial charge in [-0.3, -0.25) is 0 Å². The first-order valence-electron chi connectivity index (χ1n) is 5.90. The monoisotopic (exact) mass is 235 g/mol. The number of carbonyl (C=O) groups is 1. The molecular weight excluding hydrogens is 218 g/mol. The average Bonchev–Trinajstić information content (AvgIpc) is 2.28. The Kier molecular flexibility index (Phi) is 3.26. The third kappa shape index (κ3) is 2.72. The van der Waals surface area contributed by atoms with Crippen molar-refractivity contribution in [3.05, 3.63) is 17.6 Å². The molecule has 1 N–H and O–H groups in total. The maximum atomic E-state index is 10.9. The number of anilines is 1. The van der Waals surface area contributed by atoms with E-state index in [2.05, 4.69) is 21.8 Å². The smallest absolute Gasteiger partial charge is 0.374 e. The van der Waals surface area contributed by atoms with Gasteiger partial charge in [0.15, 0.2) is 0 Å². The number of aryl methyl sites for hydroxylation is 1. The van der Waals surface area contributed by atoms with E-state index in [4.69, 9.17) is 5.11 Å². The van der Waals surface area contributed by atoms with Crippen molar-refractivity contribution in [2.24, 2.45) is 5.92 Å². The number of carboxylic acid groups (broad SMARTS) is 1. The van der Waals surface area contributed by atoms with Gasteiger partial charge in [-0.25, -0.2) is 14.8 Å². The Morgan fingerprint density at radius 1 is 1.53 bits per heavy atom. The number of hydrogen-bond acceptors (Lipinski definition) is 4. The number of aromatic nitrogens is 2. The summed E-state index contributed by atoms with van der Waals surface area (Å²) in [5.41, 5.74) is 0.700. The summed E-state index contributed by atoms with van der Waals surface area (Å²) in [5.74, 6) is 0.187. The van der Waals surface area contributed by atoms with Crippen LogP contribution in [0.2, 0.25) is 0 Å². The van der Waals surface area contributed by atoms with Crippen LogP contribution in [0.1, 0.15) is 36.1 Å². The molecule has 1 aliphatic heterocycles. The second kappa shape index (κ2) is 4.69. The van der Waals surface area contributed by atoms with Crippen LogP contribution in [0.4, 0.5) is 5.82 Å². The Morgan fingerprint density at radius 2 is 2.29 bits per heavy atom. The molecule has 17 heavy (non-hydrogen) atoms. The fourth-order valence-electron chi connectivity index (χ4n) is 2.21. The van der Waals surface area contributed by atoms with E-state index in [0.29, 0.717) is 11.6 Å². The number of piperidine rings is 1. The second-order valence-electron chi connectivity index (χ2n) is 4.69. The van der Waals surface area contributed by atoms with E-state index in [1.165, 1.54) is 6.42 Å². The molecule has 1 unspecified atom stereocenters. The quantitative estimate of drug-likeness (QED) is 0.845. The summed E-state index contributed by atoms with van der Waals surface area (Å²) in [7, 11) is 0. The van der Waals surface area contributed by atoms with Gasteiger partial charge in [0.25, 0.3) is 0 Å². The minimum Gasteiger partial charge on any atom is -0.475 e. The first kappa shape index (κ1) is 11.8. The molecule has 1 saturated heterocycles. The predicted octanol–water partition coefficient (Wildman–Crippen LogP) is 1.72. The predicted molar refractivity (Wildman–Crippen MR) is 64.3 cm³/mol. The average molecular weight is 235 g/mol. The lowest BCUT2D eigenvalue weighted by atomic mass is 10.0. The Hall–Kier alpha value is -1.65. The van der Waals surface area contributed by atoms with E-state index in [1.54, 1.807) is 6.92 Å². The zero-order chi connectivity index (χ0) is 12.4. The minimum absolute atomic E-state index is 0.113. The molecule has 92 valence electrons. The van der Waals surface area contributed by atoms with Gasteiger partial charge >= 0.3 is 5.97 Å². The van der Waals surface area contributed by atoms with Crippen LogP contribution >= 0.6 is 0 Å². The van der Waals surface area contributed by atoms with Gasteiger partial charge in [0.05, 0.1) is 0 Å². The van der Waals surface area contributed by atoms with Crippen LogP contribution in [0.5, 0.6) is 0 Å². The molecule has 1 fully saturated rings. The number of nitrogens with zero attached hydrogens (tertiary/aromatic N) is 3. The molecule has 0 spiro atoms. The van der Waals surface area contributed by atoms with Crippen LogP contribution in [0.25, 0.3) is 0 Å². The molecule has 2 heterocycles. The van der Waals surface area contributed by atoms with Crippen LogP contribution in [0.3, 0.4) is 0 Å². The van der Waals surface area contributed by atoms with E-state index < -0.39 is 5.97 Å². The molecule has 0 saturated carbocycles. The molecule has 0 bridgehead atoms.